The zero-order valence-electron chi connectivity index (χ0n) is 11.9. The number of aliphatic carboxylic acids is 1. The smallest absolute Gasteiger partial charge is 0.305 e. The molecular weight excluding hydrogens is 313 g/mol. The largest absolute Gasteiger partial charge is 0.481 e. The molecule has 1 fully saturated rings. The number of halogens is 2. The molecule has 0 saturated carbocycles. The van der Waals surface area contributed by atoms with Crippen molar-refractivity contribution in [3.8, 4) is 0 Å². The third kappa shape index (κ3) is 4.42. The molecule has 5 nitrogen and oxygen atoms in total. The highest BCUT2D eigenvalue weighted by molar-refractivity contribution is 6.30. The van der Waals surface area contributed by atoms with Crippen LogP contribution in [-0.2, 0) is 14.3 Å². The Balaban J connectivity index is 2.12. The maximum absolute atomic E-state index is 13.6. The first kappa shape index (κ1) is 16.7. The molecule has 1 atom stereocenters. The van der Waals surface area contributed by atoms with Gasteiger partial charge in [0.05, 0.1) is 17.5 Å². The van der Waals surface area contributed by atoms with Crippen LogP contribution in [-0.4, -0.2) is 30.2 Å². The molecular formula is C15H17ClFNO4. The van der Waals surface area contributed by atoms with Crippen LogP contribution in [0.4, 0.5) is 4.39 Å². The van der Waals surface area contributed by atoms with E-state index in [9.17, 15) is 14.0 Å². The molecule has 1 aliphatic heterocycles. The topological polar surface area (TPSA) is 75.6 Å². The Bertz CT molecular complexity index is 560. The van der Waals surface area contributed by atoms with Crippen LogP contribution in [0.5, 0.6) is 0 Å². The molecule has 1 saturated heterocycles. The fraction of sp³-hybridized carbons (Fsp3) is 0.467. The average Bonchev–Trinajstić information content (AvgIpc) is 2.49. The Morgan fingerprint density at radius 1 is 1.41 bits per heavy atom. The lowest BCUT2D eigenvalue weighted by atomic mass is 9.97. The van der Waals surface area contributed by atoms with Crippen LogP contribution < -0.4 is 5.32 Å². The van der Waals surface area contributed by atoms with E-state index < -0.39 is 17.8 Å². The molecule has 7 heteroatoms. The van der Waals surface area contributed by atoms with Crippen LogP contribution in [0.25, 0.3) is 0 Å². The van der Waals surface area contributed by atoms with Crippen molar-refractivity contribution in [2.24, 2.45) is 5.92 Å². The molecule has 120 valence electrons. The Labute approximate surface area is 132 Å². The van der Waals surface area contributed by atoms with Gasteiger partial charge in [0, 0.05) is 19.1 Å². The van der Waals surface area contributed by atoms with Crippen molar-refractivity contribution in [1.29, 1.82) is 0 Å². The highest BCUT2D eigenvalue weighted by Gasteiger charge is 2.26. The van der Waals surface area contributed by atoms with Crippen LogP contribution in [0.1, 0.15) is 30.9 Å². The van der Waals surface area contributed by atoms with E-state index in [2.05, 4.69) is 5.32 Å². The van der Waals surface area contributed by atoms with Gasteiger partial charge in [0.1, 0.15) is 5.82 Å². The molecule has 1 aromatic rings. The fourth-order valence-corrected chi connectivity index (χ4v) is 2.52. The molecule has 0 spiro atoms. The van der Waals surface area contributed by atoms with Gasteiger partial charge in [-0.05, 0) is 30.5 Å². The number of benzene rings is 1. The molecule has 1 aromatic carbocycles. The second-order valence-electron chi connectivity index (χ2n) is 5.22. The van der Waals surface area contributed by atoms with Gasteiger partial charge in [0.15, 0.2) is 0 Å². The van der Waals surface area contributed by atoms with Gasteiger partial charge in [-0.1, -0.05) is 17.7 Å². The highest BCUT2D eigenvalue weighted by atomic mass is 35.5. The summed E-state index contributed by atoms with van der Waals surface area (Å²) in [6.45, 7) is 1.02. The minimum atomic E-state index is -1.08. The molecule has 0 radical (unpaired) electrons. The zero-order valence-corrected chi connectivity index (χ0v) is 12.6. The van der Waals surface area contributed by atoms with E-state index in [4.69, 9.17) is 21.4 Å². The van der Waals surface area contributed by atoms with E-state index in [0.29, 0.717) is 31.6 Å². The Hall–Kier alpha value is -1.66. The number of nitrogens with one attached hydrogen (secondary N) is 1. The van der Waals surface area contributed by atoms with E-state index in [1.165, 1.54) is 12.1 Å². The Morgan fingerprint density at radius 2 is 2.09 bits per heavy atom. The number of hydrogen-bond acceptors (Lipinski definition) is 3. The standard InChI is InChI=1S/C15H17ClFNO4/c16-11-2-1-10(7-12(11)17)13(8-14(19)20)18-15(21)9-3-5-22-6-4-9/h1-2,7,9,13H,3-6,8H2,(H,18,21)(H,19,20). The summed E-state index contributed by atoms with van der Waals surface area (Å²) in [7, 11) is 0. The summed E-state index contributed by atoms with van der Waals surface area (Å²) in [6, 6.07) is 3.23. The van der Waals surface area contributed by atoms with E-state index in [1.807, 2.05) is 0 Å². The highest BCUT2D eigenvalue weighted by Crippen LogP contribution is 2.24. The number of amides is 1. The average molecular weight is 330 g/mol. The summed E-state index contributed by atoms with van der Waals surface area (Å²) in [5.41, 5.74) is 0.379. The first-order valence-corrected chi connectivity index (χ1v) is 7.40. The van der Waals surface area contributed by atoms with Gasteiger partial charge in [-0.25, -0.2) is 4.39 Å². The van der Waals surface area contributed by atoms with E-state index in [1.54, 1.807) is 0 Å². The molecule has 1 unspecified atom stereocenters. The van der Waals surface area contributed by atoms with E-state index in [-0.39, 0.29) is 23.3 Å². The molecule has 1 heterocycles. The quantitative estimate of drug-likeness (QED) is 0.870. The monoisotopic (exact) mass is 329 g/mol. The van der Waals surface area contributed by atoms with E-state index in [0.717, 1.165) is 6.07 Å². The van der Waals surface area contributed by atoms with Gasteiger partial charge in [-0.3, -0.25) is 9.59 Å². The minimum Gasteiger partial charge on any atom is -0.481 e. The van der Waals surface area contributed by atoms with Gasteiger partial charge < -0.3 is 15.2 Å². The van der Waals surface area contributed by atoms with Crippen LogP contribution in [0.3, 0.4) is 0 Å². The third-order valence-electron chi connectivity index (χ3n) is 3.63. The first-order chi connectivity index (χ1) is 10.5. The number of ether oxygens (including phenoxy) is 1. The molecule has 0 aliphatic carbocycles. The van der Waals surface area contributed by atoms with Crippen LogP contribution in [0.15, 0.2) is 18.2 Å². The maximum Gasteiger partial charge on any atom is 0.305 e. The lowest BCUT2D eigenvalue weighted by Gasteiger charge is -2.24. The number of carboxylic acid groups (broad SMARTS) is 1. The number of carbonyl (C=O) groups is 2. The van der Waals surface area contributed by atoms with Gasteiger partial charge in [0.25, 0.3) is 0 Å². The van der Waals surface area contributed by atoms with Crippen LogP contribution in [0.2, 0.25) is 5.02 Å². The molecule has 1 aliphatic rings. The van der Waals surface area contributed by atoms with Gasteiger partial charge in [0.2, 0.25) is 5.91 Å². The lowest BCUT2D eigenvalue weighted by Crippen LogP contribution is -2.37. The fourth-order valence-electron chi connectivity index (χ4n) is 2.41. The lowest BCUT2D eigenvalue weighted by molar-refractivity contribution is -0.138. The molecule has 0 bridgehead atoms. The summed E-state index contributed by atoms with van der Waals surface area (Å²) in [5.74, 6) is -2.16. The normalized spacial score (nSPS) is 17.0. The Kier molecular flexibility index (Phi) is 5.74. The predicted octanol–water partition coefficient (Wildman–Crippen LogP) is 2.54. The maximum atomic E-state index is 13.6. The van der Waals surface area contributed by atoms with E-state index >= 15 is 0 Å². The third-order valence-corrected chi connectivity index (χ3v) is 3.94. The second-order valence-corrected chi connectivity index (χ2v) is 5.63. The zero-order chi connectivity index (χ0) is 16.1. The van der Waals surface area contributed by atoms with Gasteiger partial charge in [-0.2, -0.15) is 0 Å². The van der Waals surface area contributed by atoms with Gasteiger partial charge >= 0.3 is 5.97 Å². The summed E-state index contributed by atoms with van der Waals surface area (Å²) in [4.78, 5) is 23.2. The van der Waals surface area contributed by atoms with Crippen LogP contribution >= 0.6 is 11.6 Å². The molecule has 2 N–H and O–H groups in total. The first-order valence-electron chi connectivity index (χ1n) is 7.02. The molecule has 1 amide bonds. The van der Waals surface area contributed by atoms with Crippen molar-refractivity contribution in [1.82, 2.24) is 5.32 Å². The SMILES string of the molecule is O=C(O)CC(NC(=O)C1CCOCC1)c1ccc(Cl)c(F)c1. The summed E-state index contributed by atoms with van der Waals surface area (Å²) in [6.07, 6.45) is 0.872. The van der Waals surface area contributed by atoms with Crippen molar-refractivity contribution in [2.45, 2.75) is 25.3 Å². The molecule has 22 heavy (non-hydrogen) atoms. The molecule has 0 aromatic heterocycles. The minimum absolute atomic E-state index is 0.0476. The number of hydrogen-bond donors (Lipinski definition) is 2. The molecule has 2 rings (SSSR count). The van der Waals surface area contributed by atoms with Crippen molar-refractivity contribution < 1.29 is 23.8 Å². The second kappa shape index (κ2) is 7.56. The van der Waals surface area contributed by atoms with Crippen molar-refractivity contribution in [3.63, 3.8) is 0 Å². The Morgan fingerprint density at radius 3 is 2.68 bits per heavy atom. The predicted molar refractivity (Wildman–Crippen MR) is 78.1 cm³/mol. The summed E-state index contributed by atoms with van der Waals surface area (Å²) >= 11 is 5.63. The van der Waals surface area contributed by atoms with Gasteiger partial charge in [-0.15, -0.1) is 0 Å². The number of rotatable bonds is 5. The van der Waals surface area contributed by atoms with Crippen LogP contribution in [0, 0.1) is 11.7 Å². The number of carboxylic acids is 1. The van der Waals surface area contributed by atoms with Crippen molar-refractivity contribution in [3.05, 3.63) is 34.6 Å². The van der Waals surface area contributed by atoms with Crippen molar-refractivity contribution >= 4 is 23.5 Å². The van der Waals surface area contributed by atoms with Crippen molar-refractivity contribution in [2.75, 3.05) is 13.2 Å². The summed E-state index contributed by atoms with van der Waals surface area (Å²) < 4.78 is 18.8. The summed E-state index contributed by atoms with van der Waals surface area (Å²) in [5, 5.41) is 11.6. The number of carbonyl (C=O) groups excluding carboxylic acids is 1.